The first kappa shape index (κ1) is 18.1. The van der Waals surface area contributed by atoms with Crippen molar-refractivity contribution in [1.29, 1.82) is 0 Å². The minimum atomic E-state index is -4.89. The van der Waals surface area contributed by atoms with Gasteiger partial charge in [0.15, 0.2) is 0 Å². The van der Waals surface area contributed by atoms with Crippen LogP contribution in [0, 0.1) is 17.8 Å². The average Bonchev–Trinajstić information content (AvgIpc) is 2.54. The van der Waals surface area contributed by atoms with Gasteiger partial charge in [0.1, 0.15) is 6.10 Å². The lowest BCUT2D eigenvalue weighted by Gasteiger charge is -2.28. The maximum absolute atomic E-state index is 12.2. The number of allylic oxidation sites excluding steroid dienone is 3. The van der Waals surface area contributed by atoms with E-state index in [-0.39, 0.29) is 0 Å². The molecule has 2 nitrogen and oxygen atoms in total. The second-order valence-corrected chi connectivity index (χ2v) is 6.74. The molecule has 0 radical (unpaired) electrons. The number of rotatable bonds is 4. The number of carbonyl (C=O) groups excluding carboxylic acids is 1. The summed E-state index contributed by atoms with van der Waals surface area (Å²) in [6.45, 7) is 3.85. The highest BCUT2D eigenvalue weighted by Gasteiger charge is 2.42. The van der Waals surface area contributed by atoms with Crippen molar-refractivity contribution >= 4 is 5.97 Å². The van der Waals surface area contributed by atoms with E-state index in [0.717, 1.165) is 12.8 Å². The van der Waals surface area contributed by atoms with Gasteiger partial charge in [-0.15, -0.1) is 6.58 Å². The van der Waals surface area contributed by atoms with Crippen LogP contribution in [0.5, 0.6) is 0 Å². The fraction of sp³-hybridized carbons (Fsp3) is 0.722. The molecule has 0 heterocycles. The van der Waals surface area contributed by atoms with Crippen LogP contribution in [0.2, 0.25) is 0 Å². The molecule has 0 unspecified atom stereocenters. The van der Waals surface area contributed by atoms with Gasteiger partial charge in [-0.3, -0.25) is 0 Å². The van der Waals surface area contributed by atoms with Crippen LogP contribution in [0.4, 0.5) is 13.2 Å². The lowest BCUT2D eigenvalue weighted by molar-refractivity contribution is -0.206. The molecule has 130 valence electrons. The van der Waals surface area contributed by atoms with Crippen molar-refractivity contribution in [1.82, 2.24) is 0 Å². The highest BCUT2D eigenvalue weighted by Crippen LogP contribution is 2.33. The highest BCUT2D eigenvalue weighted by atomic mass is 19.4. The smallest absolute Gasteiger partial charge is 0.456 e. The van der Waals surface area contributed by atoms with Crippen molar-refractivity contribution in [3.63, 3.8) is 0 Å². The Labute approximate surface area is 135 Å². The normalized spacial score (nSPS) is 32.7. The zero-order chi connectivity index (χ0) is 16.9. The number of hydrogen-bond acceptors (Lipinski definition) is 2. The third kappa shape index (κ3) is 5.70. The minimum absolute atomic E-state index is 0.396. The second-order valence-electron chi connectivity index (χ2n) is 6.74. The Morgan fingerprint density at radius 1 is 0.870 bits per heavy atom. The van der Waals surface area contributed by atoms with Crippen molar-refractivity contribution in [3.05, 3.63) is 24.8 Å². The zero-order valence-electron chi connectivity index (χ0n) is 13.4. The van der Waals surface area contributed by atoms with Crippen LogP contribution in [0.1, 0.15) is 51.4 Å². The van der Waals surface area contributed by atoms with Crippen LogP contribution in [-0.2, 0) is 9.53 Å². The third-order valence-corrected chi connectivity index (χ3v) is 5.03. The first-order valence-electron chi connectivity index (χ1n) is 8.47. The van der Waals surface area contributed by atoms with Gasteiger partial charge in [-0.25, -0.2) is 4.79 Å². The van der Waals surface area contributed by atoms with Gasteiger partial charge in [0, 0.05) is 0 Å². The average molecular weight is 330 g/mol. The van der Waals surface area contributed by atoms with Gasteiger partial charge in [-0.2, -0.15) is 13.2 Å². The zero-order valence-corrected chi connectivity index (χ0v) is 13.4. The molecular weight excluding hydrogens is 305 g/mol. The van der Waals surface area contributed by atoms with Gasteiger partial charge in [0.05, 0.1) is 0 Å². The van der Waals surface area contributed by atoms with Crippen LogP contribution >= 0.6 is 0 Å². The molecular formula is C18H25F3O2. The Morgan fingerprint density at radius 2 is 1.30 bits per heavy atom. The third-order valence-electron chi connectivity index (χ3n) is 5.03. The summed E-state index contributed by atoms with van der Waals surface area (Å²) in [5.41, 5.74) is 0. The maximum atomic E-state index is 12.2. The van der Waals surface area contributed by atoms with Crippen molar-refractivity contribution < 1.29 is 22.7 Å². The Morgan fingerprint density at radius 3 is 1.74 bits per heavy atom. The summed E-state index contributed by atoms with van der Waals surface area (Å²) in [6.07, 6.45) is 8.44. The molecule has 2 saturated carbocycles. The lowest BCUT2D eigenvalue weighted by Crippen LogP contribution is -2.32. The summed E-state index contributed by atoms with van der Waals surface area (Å²) in [5.74, 6) is -0.395. The molecule has 2 aliphatic carbocycles. The molecule has 0 aromatic heterocycles. The largest absolute Gasteiger partial charge is 0.490 e. The van der Waals surface area contributed by atoms with Gasteiger partial charge in [0.25, 0.3) is 0 Å². The van der Waals surface area contributed by atoms with E-state index in [4.69, 9.17) is 0 Å². The summed E-state index contributed by atoms with van der Waals surface area (Å²) in [6, 6.07) is 0. The van der Waals surface area contributed by atoms with E-state index in [0.29, 0.717) is 30.6 Å². The SMILES string of the molecule is C=CC1CCC(C=CC2CCC(OC(=O)C(F)(F)F)CC2)CC1. The molecule has 0 aliphatic heterocycles. The lowest BCUT2D eigenvalue weighted by atomic mass is 9.80. The second kappa shape index (κ2) is 8.02. The Balaban J connectivity index is 1.69. The molecule has 5 heteroatoms. The molecule has 0 spiro atoms. The van der Waals surface area contributed by atoms with Crippen molar-refractivity contribution in [3.8, 4) is 0 Å². The summed E-state index contributed by atoms with van der Waals surface area (Å²) in [5, 5.41) is 0. The molecule has 2 rings (SSSR count). The summed E-state index contributed by atoms with van der Waals surface area (Å²) >= 11 is 0. The number of ether oxygens (including phenoxy) is 1. The quantitative estimate of drug-likeness (QED) is 0.523. The molecule has 0 bridgehead atoms. The van der Waals surface area contributed by atoms with Crippen molar-refractivity contribution in [2.24, 2.45) is 17.8 Å². The van der Waals surface area contributed by atoms with Gasteiger partial charge >= 0.3 is 12.1 Å². The van der Waals surface area contributed by atoms with Gasteiger partial charge in [-0.05, 0) is 69.1 Å². The summed E-state index contributed by atoms with van der Waals surface area (Å²) in [7, 11) is 0. The molecule has 23 heavy (non-hydrogen) atoms. The molecule has 0 saturated heterocycles. The Kier molecular flexibility index (Phi) is 6.31. The van der Waals surface area contributed by atoms with Gasteiger partial charge in [-0.1, -0.05) is 18.2 Å². The number of esters is 1. The first-order chi connectivity index (χ1) is 10.9. The Hall–Kier alpha value is -1.26. The van der Waals surface area contributed by atoms with E-state index in [9.17, 15) is 18.0 Å². The summed E-state index contributed by atoms with van der Waals surface area (Å²) in [4.78, 5) is 10.8. The molecule has 0 aromatic carbocycles. The number of alkyl halides is 3. The topological polar surface area (TPSA) is 26.3 Å². The fourth-order valence-electron chi connectivity index (χ4n) is 3.50. The van der Waals surface area contributed by atoms with Crippen molar-refractivity contribution in [2.45, 2.75) is 63.6 Å². The predicted octanol–water partition coefficient (Wildman–Crippen LogP) is 5.20. The van der Waals surface area contributed by atoms with Gasteiger partial charge in [0.2, 0.25) is 0 Å². The number of halogens is 3. The number of carbonyl (C=O) groups is 1. The van der Waals surface area contributed by atoms with E-state index >= 15 is 0 Å². The standard InChI is InChI=1S/C18H25F3O2/c1-2-13-3-5-14(6-4-13)7-8-15-9-11-16(12-10-15)23-17(22)18(19,20)21/h2,7-8,13-16H,1,3-6,9-12H2. The summed E-state index contributed by atoms with van der Waals surface area (Å²) < 4.78 is 41.0. The van der Waals surface area contributed by atoms with Crippen LogP contribution in [-0.4, -0.2) is 18.2 Å². The van der Waals surface area contributed by atoms with E-state index in [1.54, 1.807) is 0 Å². The van der Waals surface area contributed by atoms with E-state index < -0.39 is 18.2 Å². The Bertz CT molecular complexity index is 426. The molecule has 2 fully saturated rings. The number of hydrogen-bond donors (Lipinski definition) is 0. The molecule has 0 amide bonds. The van der Waals surface area contributed by atoms with E-state index in [2.05, 4.69) is 23.5 Å². The predicted molar refractivity (Wildman–Crippen MR) is 82.7 cm³/mol. The first-order valence-corrected chi connectivity index (χ1v) is 8.47. The van der Waals surface area contributed by atoms with Crippen LogP contribution in [0.15, 0.2) is 24.8 Å². The van der Waals surface area contributed by atoms with Gasteiger partial charge < -0.3 is 4.74 Å². The molecule has 0 N–H and O–H groups in total. The molecule has 0 aromatic rings. The maximum Gasteiger partial charge on any atom is 0.490 e. The highest BCUT2D eigenvalue weighted by molar-refractivity contribution is 5.75. The monoisotopic (exact) mass is 330 g/mol. The van der Waals surface area contributed by atoms with Crippen LogP contribution < -0.4 is 0 Å². The molecule has 2 aliphatic rings. The van der Waals surface area contributed by atoms with Crippen LogP contribution in [0.25, 0.3) is 0 Å². The fourth-order valence-corrected chi connectivity index (χ4v) is 3.50. The molecule has 0 atom stereocenters. The van der Waals surface area contributed by atoms with Crippen molar-refractivity contribution in [2.75, 3.05) is 0 Å². The van der Waals surface area contributed by atoms with E-state index in [1.165, 1.54) is 25.7 Å². The van der Waals surface area contributed by atoms with E-state index in [1.807, 2.05) is 6.08 Å². The van der Waals surface area contributed by atoms with Crippen LogP contribution in [0.3, 0.4) is 0 Å². The minimum Gasteiger partial charge on any atom is -0.456 e.